The van der Waals surface area contributed by atoms with Crippen molar-refractivity contribution in [3.63, 3.8) is 0 Å². The predicted octanol–water partition coefficient (Wildman–Crippen LogP) is 3.23. The molecule has 0 bridgehead atoms. The molecule has 30 heavy (non-hydrogen) atoms. The second kappa shape index (κ2) is 9.07. The Labute approximate surface area is 175 Å². The topological polar surface area (TPSA) is 77.1 Å². The first kappa shape index (κ1) is 20.1. The molecule has 2 heterocycles. The van der Waals surface area contributed by atoms with E-state index < -0.39 is 0 Å². The first-order chi connectivity index (χ1) is 14.6. The molecule has 7 nitrogen and oxygen atoms in total. The highest BCUT2D eigenvalue weighted by molar-refractivity contribution is 5.97. The number of hydrogen-bond acceptors (Lipinski definition) is 5. The summed E-state index contributed by atoms with van der Waals surface area (Å²) in [6.45, 7) is 4.11. The molecule has 2 aromatic carbocycles. The van der Waals surface area contributed by atoms with Gasteiger partial charge in [0.05, 0.1) is 31.5 Å². The van der Waals surface area contributed by atoms with E-state index in [2.05, 4.69) is 5.32 Å². The van der Waals surface area contributed by atoms with Gasteiger partial charge in [0.15, 0.2) is 11.5 Å². The Kier molecular flexibility index (Phi) is 6.07. The van der Waals surface area contributed by atoms with E-state index in [1.807, 2.05) is 49.4 Å². The van der Waals surface area contributed by atoms with Crippen LogP contribution in [0.15, 0.2) is 42.5 Å². The monoisotopic (exact) mass is 410 g/mol. The van der Waals surface area contributed by atoms with E-state index >= 15 is 0 Å². The van der Waals surface area contributed by atoms with Crippen molar-refractivity contribution in [1.82, 2.24) is 5.32 Å². The molecule has 2 aliphatic heterocycles. The first-order valence-electron chi connectivity index (χ1n) is 10.3. The zero-order chi connectivity index (χ0) is 20.9. The van der Waals surface area contributed by atoms with Gasteiger partial charge in [0.25, 0.3) is 0 Å². The fraction of sp³-hybridized carbons (Fsp3) is 0.391. The minimum absolute atomic E-state index is 0.0795. The van der Waals surface area contributed by atoms with Gasteiger partial charge in [0.2, 0.25) is 11.8 Å². The lowest BCUT2D eigenvalue weighted by atomic mass is 10.1. The average Bonchev–Trinajstić information content (AvgIpc) is 3.02. The molecule has 0 fully saturated rings. The molecule has 2 amide bonds. The molecule has 0 spiro atoms. The molecule has 158 valence electrons. The fourth-order valence-electron chi connectivity index (χ4n) is 3.63. The summed E-state index contributed by atoms with van der Waals surface area (Å²) < 4.78 is 17.0. The Bertz CT molecular complexity index is 930. The molecule has 4 rings (SSSR count). The maximum absolute atomic E-state index is 12.7. The number of hydrogen-bond donors (Lipinski definition) is 1. The van der Waals surface area contributed by atoms with Gasteiger partial charge in [0.1, 0.15) is 12.4 Å². The van der Waals surface area contributed by atoms with Crippen LogP contribution in [0.4, 0.5) is 5.69 Å². The Hall–Kier alpha value is -3.22. The normalized spacial score (nSPS) is 16.0. The summed E-state index contributed by atoms with van der Waals surface area (Å²) in [6, 6.07) is 13.0. The van der Waals surface area contributed by atoms with Crippen LogP contribution >= 0.6 is 0 Å². The highest BCUT2D eigenvalue weighted by Crippen LogP contribution is 2.33. The van der Waals surface area contributed by atoms with Crippen molar-refractivity contribution >= 4 is 17.5 Å². The maximum Gasteiger partial charge on any atom is 0.227 e. The molecule has 0 saturated heterocycles. The summed E-state index contributed by atoms with van der Waals surface area (Å²) >= 11 is 0. The third-order valence-corrected chi connectivity index (χ3v) is 5.24. The molecular weight excluding hydrogens is 384 g/mol. The summed E-state index contributed by atoms with van der Waals surface area (Å²) in [5.74, 6) is 1.89. The van der Waals surface area contributed by atoms with E-state index in [1.165, 1.54) is 0 Å². The number of fused-ring (bicyclic) bond motifs is 2. The Morgan fingerprint density at radius 3 is 2.60 bits per heavy atom. The van der Waals surface area contributed by atoms with Crippen molar-refractivity contribution in [2.75, 3.05) is 31.3 Å². The van der Waals surface area contributed by atoms with E-state index in [4.69, 9.17) is 14.2 Å². The van der Waals surface area contributed by atoms with Crippen LogP contribution in [0.5, 0.6) is 17.2 Å². The Morgan fingerprint density at radius 2 is 1.73 bits per heavy atom. The zero-order valence-electron chi connectivity index (χ0n) is 17.1. The minimum atomic E-state index is -0.200. The number of carbonyl (C=O) groups excluding carboxylic acids is 2. The second-order valence-electron chi connectivity index (χ2n) is 7.41. The summed E-state index contributed by atoms with van der Waals surface area (Å²) in [6.07, 6.45) is 1.12. The molecule has 0 aromatic heterocycles. The number of para-hydroxylation sites is 2. The number of carbonyl (C=O) groups is 2. The van der Waals surface area contributed by atoms with Gasteiger partial charge in [-0.25, -0.2) is 0 Å². The average molecular weight is 410 g/mol. The molecular formula is C23H26N2O5. The van der Waals surface area contributed by atoms with Crippen LogP contribution in [0.3, 0.4) is 0 Å². The van der Waals surface area contributed by atoms with E-state index in [9.17, 15) is 9.59 Å². The van der Waals surface area contributed by atoms with E-state index in [1.54, 1.807) is 4.90 Å². The van der Waals surface area contributed by atoms with Crippen LogP contribution in [0.25, 0.3) is 0 Å². The quantitative estimate of drug-likeness (QED) is 0.819. The Morgan fingerprint density at radius 1 is 0.967 bits per heavy atom. The number of benzene rings is 2. The van der Waals surface area contributed by atoms with Crippen LogP contribution in [0.1, 0.15) is 37.8 Å². The molecule has 2 aliphatic rings. The SMILES string of the molecule is CC(NC(=O)CCC(=O)N1CCOc2ccccc21)c1ccc2c(c1)OCCCO2. The highest BCUT2D eigenvalue weighted by atomic mass is 16.5. The van der Waals surface area contributed by atoms with Gasteiger partial charge in [-0.15, -0.1) is 0 Å². The van der Waals surface area contributed by atoms with Gasteiger partial charge < -0.3 is 24.4 Å². The Balaban J connectivity index is 1.32. The molecule has 7 heteroatoms. The van der Waals surface area contributed by atoms with E-state index in [0.29, 0.717) is 37.9 Å². The molecule has 0 radical (unpaired) electrons. The maximum atomic E-state index is 12.7. The molecule has 1 unspecified atom stereocenters. The zero-order valence-corrected chi connectivity index (χ0v) is 17.1. The van der Waals surface area contributed by atoms with Gasteiger partial charge in [-0.3, -0.25) is 9.59 Å². The van der Waals surface area contributed by atoms with Crippen molar-refractivity contribution in [3.8, 4) is 17.2 Å². The molecule has 2 aromatic rings. The van der Waals surface area contributed by atoms with Crippen LogP contribution in [-0.4, -0.2) is 38.2 Å². The van der Waals surface area contributed by atoms with Crippen molar-refractivity contribution in [2.45, 2.75) is 32.2 Å². The molecule has 0 aliphatic carbocycles. The largest absolute Gasteiger partial charge is 0.490 e. The number of nitrogens with one attached hydrogen (secondary N) is 1. The summed E-state index contributed by atoms with van der Waals surface area (Å²) in [5, 5.41) is 2.97. The number of anilines is 1. The lowest BCUT2D eigenvalue weighted by molar-refractivity contribution is -0.125. The lowest BCUT2D eigenvalue weighted by Crippen LogP contribution is -2.38. The van der Waals surface area contributed by atoms with Crippen molar-refractivity contribution in [1.29, 1.82) is 0 Å². The summed E-state index contributed by atoms with van der Waals surface area (Å²) in [5.41, 5.74) is 1.69. The molecule has 0 saturated carbocycles. The van der Waals surface area contributed by atoms with Crippen molar-refractivity contribution < 1.29 is 23.8 Å². The van der Waals surface area contributed by atoms with Gasteiger partial charge in [-0.2, -0.15) is 0 Å². The molecule has 1 N–H and O–H groups in total. The van der Waals surface area contributed by atoms with Gasteiger partial charge >= 0.3 is 0 Å². The van der Waals surface area contributed by atoms with E-state index in [0.717, 1.165) is 23.4 Å². The number of amides is 2. The third-order valence-electron chi connectivity index (χ3n) is 5.24. The standard InChI is InChI=1S/C23H26N2O5/c1-16(17-7-8-20-21(15-17)29-13-4-12-28-20)24-22(26)9-10-23(27)25-11-14-30-19-6-3-2-5-18(19)25/h2-3,5-8,15-16H,4,9-14H2,1H3,(H,24,26). The lowest BCUT2D eigenvalue weighted by Gasteiger charge is -2.29. The van der Waals surface area contributed by atoms with Crippen molar-refractivity contribution in [3.05, 3.63) is 48.0 Å². The van der Waals surface area contributed by atoms with E-state index in [-0.39, 0.29) is 30.7 Å². The van der Waals surface area contributed by atoms with Crippen LogP contribution < -0.4 is 24.4 Å². The number of ether oxygens (including phenoxy) is 3. The first-order valence-corrected chi connectivity index (χ1v) is 10.3. The summed E-state index contributed by atoms with van der Waals surface area (Å²) in [7, 11) is 0. The number of nitrogens with zero attached hydrogens (tertiary/aromatic N) is 1. The van der Waals surface area contributed by atoms with Gasteiger partial charge in [-0.05, 0) is 36.8 Å². The fourth-order valence-corrected chi connectivity index (χ4v) is 3.63. The summed E-state index contributed by atoms with van der Waals surface area (Å²) in [4.78, 5) is 26.8. The van der Waals surface area contributed by atoms with Crippen LogP contribution in [-0.2, 0) is 9.59 Å². The van der Waals surface area contributed by atoms with Gasteiger partial charge in [0, 0.05) is 19.3 Å². The molecule has 1 atom stereocenters. The highest BCUT2D eigenvalue weighted by Gasteiger charge is 2.24. The minimum Gasteiger partial charge on any atom is -0.490 e. The van der Waals surface area contributed by atoms with Gasteiger partial charge in [-0.1, -0.05) is 18.2 Å². The smallest absolute Gasteiger partial charge is 0.227 e. The van der Waals surface area contributed by atoms with Crippen LogP contribution in [0.2, 0.25) is 0 Å². The second-order valence-corrected chi connectivity index (χ2v) is 7.41. The third kappa shape index (κ3) is 4.50. The predicted molar refractivity (Wildman–Crippen MR) is 112 cm³/mol. The van der Waals surface area contributed by atoms with Crippen molar-refractivity contribution in [2.24, 2.45) is 0 Å². The number of rotatable bonds is 5. The van der Waals surface area contributed by atoms with Crippen LogP contribution in [0, 0.1) is 0 Å².